The Morgan fingerprint density at radius 1 is 0.500 bits per heavy atom. The number of aliphatic hydroxyl groups excluding tert-OH is 4. The molecule has 8 N–H and O–H groups in total. The van der Waals surface area contributed by atoms with Gasteiger partial charge in [-0.1, -0.05) is 0 Å². The molecule has 0 rings (SSSR count). The molecule has 0 aliphatic heterocycles. The molecule has 0 spiro atoms. The van der Waals surface area contributed by atoms with E-state index in [9.17, 15) is 64.2 Å². The number of rotatable bonds is 11. The molecule has 0 fully saturated rings. The van der Waals surface area contributed by atoms with Gasteiger partial charge in [0.15, 0.2) is 6.10 Å². The van der Waals surface area contributed by atoms with E-state index < -0.39 is 105 Å². The SMILES string of the molecule is O=C([O-])C(O)C(O)C(=O)O.O=C([O-])C(O)C(O)C(=O)[O-].O=C([O-])CC(O)(CC(=O)[O-])C(=O)[O-].O=C([O-])O.O=C([O-])O.O=P([O-])([O-])[O-].[Ca+2].[Ca+2].[Ca+2].[K+].[K+].[K+].[Na+].[Na+]. The molecule has 0 amide bonds. The second kappa shape index (κ2) is 56.4. The molecule has 0 aromatic heterocycles. The van der Waals surface area contributed by atoms with Crippen LogP contribution in [0.5, 0.6) is 0 Å². The minimum atomic E-state index is -5.39. The van der Waals surface area contributed by atoms with Crippen LogP contribution >= 0.6 is 7.82 Å². The average molecular weight is 987 g/mol. The van der Waals surface area contributed by atoms with Gasteiger partial charge in [-0.15, -0.1) is 0 Å². The predicted octanol–water partition coefficient (Wildman–Crippen LogP) is -34.7. The Morgan fingerprint density at radius 3 is 0.722 bits per heavy atom. The van der Waals surface area contributed by atoms with Gasteiger partial charge in [0, 0.05) is 24.8 Å². The fourth-order valence-corrected chi connectivity index (χ4v) is 1.21. The fraction of sp³-hybridized carbons (Fsp3) is 0.438. The van der Waals surface area contributed by atoms with E-state index in [-0.39, 0.29) is 326 Å². The molecule has 29 nitrogen and oxygen atoms in total. The van der Waals surface area contributed by atoms with Crippen LogP contribution in [0.15, 0.2) is 0 Å². The molecule has 0 aliphatic carbocycles. The zero-order valence-electron chi connectivity index (χ0n) is 28.4. The van der Waals surface area contributed by atoms with Gasteiger partial charge in [0.25, 0.3) is 0 Å². The van der Waals surface area contributed by atoms with Crippen LogP contribution in [0, 0.1) is 0 Å². The van der Waals surface area contributed by atoms with Crippen molar-refractivity contribution in [2.75, 3.05) is 0 Å². The van der Waals surface area contributed by atoms with Gasteiger partial charge < -0.3 is 139 Å². The Morgan fingerprint density at radius 2 is 0.648 bits per heavy atom. The van der Waals surface area contributed by atoms with Crippen LogP contribution in [0.2, 0.25) is 0 Å². The monoisotopic (exact) mass is 986 g/mol. The van der Waals surface area contributed by atoms with Crippen molar-refractivity contribution >= 4 is 175 Å². The molecule has 0 radical (unpaired) electrons. The van der Waals surface area contributed by atoms with E-state index in [0.717, 1.165) is 0 Å². The maximum absolute atomic E-state index is 10.1. The maximum atomic E-state index is 10.1. The summed E-state index contributed by atoms with van der Waals surface area (Å²) < 4.78 is 8.55. The molecule has 4 atom stereocenters. The van der Waals surface area contributed by atoms with Crippen LogP contribution in [0.4, 0.5) is 9.59 Å². The first kappa shape index (κ1) is 98.3. The van der Waals surface area contributed by atoms with E-state index in [0.29, 0.717) is 0 Å². The first-order valence-electron chi connectivity index (χ1n) is 9.61. The van der Waals surface area contributed by atoms with Gasteiger partial charge in [-0.05, 0) is 0 Å². The van der Waals surface area contributed by atoms with E-state index >= 15 is 0 Å². The Hall–Kier alpha value is 5.43. The van der Waals surface area contributed by atoms with Gasteiger partial charge in [-0.3, -0.25) is 0 Å². The second-order valence-corrected chi connectivity index (χ2v) is 7.36. The van der Waals surface area contributed by atoms with Crippen molar-refractivity contribution in [1.82, 2.24) is 0 Å². The molecular formula is C16H16Ca3K3Na2O29P. The maximum Gasteiger partial charge on any atom is 2.00 e. The van der Waals surface area contributed by atoms with Crippen molar-refractivity contribution in [3.05, 3.63) is 0 Å². The third kappa shape index (κ3) is 88.6. The minimum absolute atomic E-state index is 0. The van der Waals surface area contributed by atoms with E-state index in [1.165, 1.54) is 0 Å². The van der Waals surface area contributed by atoms with Gasteiger partial charge in [-0.2, -0.15) is 7.82 Å². The topological polar surface area (TPSA) is 586 Å². The zero-order valence-corrected chi connectivity index (χ0v) is 49.3. The quantitative estimate of drug-likeness (QED) is 0.0704. The Bertz CT molecular complexity index is 1000. The van der Waals surface area contributed by atoms with Gasteiger partial charge in [0.05, 0.1) is 23.9 Å². The summed E-state index contributed by atoms with van der Waals surface area (Å²) >= 11 is 0. The molecule has 0 aliphatic rings. The summed E-state index contributed by atoms with van der Waals surface area (Å²) in [6.45, 7) is 0. The van der Waals surface area contributed by atoms with Crippen molar-refractivity contribution < 1.29 is 357 Å². The van der Waals surface area contributed by atoms with Crippen molar-refractivity contribution in [2.24, 2.45) is 0 Å². The first-order valence-corrected chi connectivity index (χ1v) is 11.1. The van der Waals surface area contributed by atoms with E-state index in [1.54, 1.807) is 0 Å². The van der Waals surface area contributed by atoms with Crippen LogP contribution < -0.4 is 269 Å². The normalized spacial score (nSPS) is 10.4. The van der Waals surface area contributed by atoms with Crippen LogP contribution in [0.25, 0.3) is 0 Å². The first-order chi connectivity index (χ1) is 20.2. The number of hydrogen-bond donors (Lipinski definition) is 8. The molecule has 0 saturated carbocycles. The number of aliphatic carboxylic acids is 7. The number of aliphatic hydroxyl groups is 5. The Labute approximate surface area is 561 Å². The van der Waals surface area contributed by atoms with Crippen molar-refractivity contribution in [1.29, 1.82) is 0 Å². The Balaban J connectivity index is -0.0000000301. The predicted molar refractivity (Wildman–Crippen MR) is 117 cm³/mol. The number of phosphoric acid groups is 1. The zero-order chi connectivity index (χ0) is 38.9. The summed E-state index contributed by atoms with van der Waals surface area (Å²) in [5.41, 5.74) is -2.97. The summed E-state index contributed by atoms with van der Waals surface area (Å²) in [5, 5.41) is 139. The Kier molecular flexibility index (Phi) is 103. The number of hydrogen-bond acceptors (Lipinski definition) is 26. The molecule has 0 aromatic carbocycles. The molecule has 270 valence electrons. The van der Waals surface area contributed by atoms with Gasteiger partial charge in [0.2, 0.25) is 12.3 Å². The molecule has 0 aromatic rings. The summed E-state index contributed by atoms with van der Waals surface area (Å²) in [6, 6.07) is 0. The number of carbonyl (C=O) groups excluding carboxylic acids is 6. The summed E-state index contributed by atoms with van der Waals surface area (Å²) in [5.74, 6) is -13.9. The van der Waals surface area contributed by atoms with Crippen molar-refractivity contribution in [2.45, 2.75) is 42.9 Å². The molecule has 54 heavy (non-hydrogen) atoms. The van der Waals surface area contributed by atoms with E-state index in [2.05, 4.69) is 0 Å². The number of carboxylic acid groups (broad SMARTS) is 11. The third-order valence-corrected chi connectivity index (χ3v) is 2.83. The van der Waals surface area contributed by atoms with Crippen LogP contribution in [0.3, 0.4) is 0 Å². The molecular weight excluding hydrogens is 971 g/mol. The fourth-order valence-electron chi connectivity index (χ4n) is 1.21. The number of carboxylic acids is 7. The van der Waals surface area contributed by atoms with Crippen molar-refractivity contribution in [3.63, 3.8) is 0 Å². The third-order valence-electron chi connectivity index (χ3n) is 2.83. The summed E-state index contributed by atoms with van der Waals surface area (Å²) in [4.78, 5) is 111. The minimum Gasteiger partial charge on any atom is -0.822 e. The van der Waals surface area contributed by atoms with Gasteiger partial charge in [-0.25, -0.2) is 4.79 Å². The molecule has 0 heterocycles. The van der Waals surface area contributed by atoms with Crippen LogP contribution in [-0.2, 0) is 38.1 Å². The smallest absolute Gasteiger partial charge is 0.822 e. The second-order valence-electron chi connectivity index (χ2n) is 6.47. The summed E-state index contributed by atoms with van der Waals surface area (Å²) in [7, 11) is -5.39. The van der Waals surface area contributed by atoms with Gasteiger partial charge in [0.1, 0.15) is 23.9 Å². The van der Waals surface area contributed by atoms with E-state index in [4.69, 9.17) is 79.9 Å². The van der Waals surface area contributed by atoms with Crippen molar-refractivity contribution in [3.8, 4) is 0 Å². The molecule has 0 bridgehead atoms. The van der Waals surface area contributed by atoms with Gasteiger partial charge >= 0.3 is 332 Å². The molecule has 4 unspecified atom stereocenters. The average Bonchev–Trinajstić information content (AvgIpc) is 2.79. The summed E-state index contributed by atoms with van der Waals surface area (Å²) in [6.07, 6.45) is -16.5. The largest absolute Gasteiger partial charge is 2.00 e. The standard InChI is InChI=1S/C6H8O7.2C4H6O6.2CH2O3.3Ca.3K.2Na.H3O4P/c7-3(8)1-6(13,5(11)12)2-4(9)10;2*5-1(3(7)8)2(6)4(9)10;2*2-1(3)4;;;;;;;;;1-5(2,3)4/h13H,1-2H2,(H,7,8)(H,9,10)(H,11,12);2*1-2,5-6H,(H,7,8)(H,9,10);2*(H2,2,3,4);;;;;;;;;(H3,1,2,3,4)/q;;;;;3*+2;5*+1;/p-11. The van der Waals surface area contributed by atoms with E-state index in [1.807, 2.05) is 0 Å². The molecule has 38 heteroatoms. The molecule has 0 saturated heterocycles. The van der Waals surface area contributed by atoms with Crippen LogP contribution in [-0.4, -0.2) is 238 Å². The van der Waals surface area contributed by atoms with Crippen LogP contribution in [0.1, 0.15) is 12.8 Å². The number of carbonyl (C=O) groups is 9.